The summed E-state index contributed by atoms with van der Waals surface area (Å²) in [5.74, 6) is 0.902. The maximum atomic E-state index is 13.4. The highest BCUT2D eigenvalue weighted by Gasteiger charge is 2.07. The molecular formula is C19H22FNO4. The molecule has 2 aromatic carbocycles. The van der Waals surface area contributed by atoms with Crippen molar-refractivity contribution in [3.63, 3.8) is 0 Å². The van der Waals surface area contributed by atoms with Crippen LogP contribution in [0.4, 0.5) is 4.39 Å². The summed E-state index contributed by atoms with van der Waals surface area (Å²) < 4.78 is 29.1. The summed E-state index contributed by atoms with van der Waals surface area (Å²) in [6.45, 7) is 0.622. The van der Waals surface area contributed by atoms with Crippen molar-refractivity contribution in [2.24, 2.45) is 0 Å². The molecule has 5 nitrogen and oxygen atoms in total. The fraction of sp³-hybridized carbons (Fsp3) is 0.316. The third kappa shape index (κ3) is 5.67. The number of hydrogen-bond donors (Lipinski definition) is 1. The van der Waals surface area contributed by atoms with Crippen LogP contribution in [0.1, 0.15) is 12.0 Å². The summed E-state index contributed by atoms with van der Waals surface area (Å²) in [7, 11) is 3.17. The first-order valence-electron chi connectivity index (χ1n) is 7.99. The van der Waals surface area contributed by atoms with Crippen molar-refractivity contribution in [2.75, 3.05) is 27.4 Å². The van der Waals surface area contributed by atoms with E-state index in [1.165, 1.54) is 12.1 Å². The van der Waals surface area contributed by atoms with Gasteiger partial charge >= 0.3 is 0 Å². The Hall–Kier alpha value is -2.76. The Morgan fingerprint density at radius 2 is 1.80 bits per heavy atom. The SMILES string of the molecule is COc1ccc(CCNC(=O)CCOc2ccccc2F)cc1OC. The Bertz CT molecular complexity index is 706. The Morgan fingerprint density at radius 1 is 1.04 bits per heavy atom. The van der Waals surface area contributed by atoms with E-state index < -0.39 is 5.82 Å². The molecule has 0 aromatic heterocycles. The summed E-state index contributed by atoms with van der Waals surface area (Å²) in [4.78, 5) is 11.8. The number of para-hydroxylation sites is 1. The van der Waals surface area contributed by atoms with Gasteiger partial charge in [0.15, 0.2) is 23.1 Å². The highest BCUT2D eigenvalue weighted by atomic mass is 19.1. The monoisotopic (exact) mass is 347 g/mol. The van der Waals surface area contributed by atoms with Crippen LogP contribution < -0.4 is 19.5 Å². The second-order valence-corrected chi connectivity index (χ2v) is 5.32. The molecule has 0 aliphatic heterocycles. The molecule has 0 spiro atoms. The molecule has 134 valence electrons. The molecule has 0 fully saturated rings. The van der Waals surface area contributed by atoms with E-state index >= 15 is 0 Å². The molecule has 6 heteroatoms. The lowest BCUT2D eigenvalue weighted by Crippen LogP contribution is -2.27. The van der Waals surface area contributed by atoms with Gasteiger partial charge < -0.3 is 19.5 Å². The Labute approximate surface area is 146 Å². The van der Waals surface area contributed by atoms with Gasteiger partial charge in [-0.05, 0) is 36.2 Å². The zero-order chi connectivity index (χ0) is 18.1. The van der Waals surface area contributed by atoms with Crippen molar-refractivity contribution in [2.45, 2.75) is 12.8 Å². The molecule has 2 rings (SSSR count). The van der Waals surface area contributed by atoms with Crippen molar-refractivity contribution in [1.82, 2.24) is 5.32 Å². The van der Waals surface area contributed by atoms with Crippen molar-refractivity contribution in [1.29, 1.82) is 0 Å². The molecule has 1 N–H and O–H groups in total. The molecule has 0 radical (unpaired) electrons. The lowest BCUT2D eigenvalue weighted by atomic mass is 10.1. The van der Waals surface area contributed by atoms with Gasteiger partial charge in [-0.1, -0.05) is 18.2 Å². The number of carbonyl (C=O) groups is 1. The predicted molar refractivity (Wildman–Crippen MR) is 92.8 cm³/mol. The Morgan fingerprint density at radius 3 is 2.52 bits per heavy atom. The van der Waals surface area contributed by atoms with Crippen molar-refractivity contribution >= 4 is 5.91 Å². The van der Waals surface area contributed by atoms with Crippen LogP contribution in [-0.2, 0) is 11.2 Å². The zero-order valence-corrected chi connectivity index (χ0v) is 14.4. The maximum Gasteiger partial charge on any atom is 0.223 e. The number of methoxy groups -OCH3 is 2. The van der Waals surface area contributed by atoms with Crippen LogP contribution in [0.25, 0.3) is 0 Å². The van der Waals surface area contributed by atoms with Gasteiger partial charge in [-0.2, -0.15) is 0 Å². The molecule has 0 unspecified atom stereocenters. The number of ether oxygens (including phenoxy) is 3. The average Bonchev–Trinajstić information content (AvgIpc) is 2.63. The fourth-order valence-corrected chi connectivity index (χ4v) is 2.29. The molecule has 1 amide bonds. The molecule has 0 saturated carbocycles. The smallest absolute Gasteiger partial charge is 0.223 e. The van der Waals surface area contributed by atoms with Crippen LogP contribution in [0.3, 0.4) is 0 Å². The van der Waals surface area contributed by atoms with Crippen LogP contribution in [-0.4, -0.2) is 33.3 Å². The number of halogens is 1. The summed E-state index contributed by atoms with van der Waals surface area (Å²) in [6, 6.07) is 11.8. The summed E-state index contributed by atoms with van der Waals surface area (Å²) >= 11 is 0. The van der Waals surface area contributed by atoms with E-state index in [9.17, 15) is 9.18 Å². The number of benzene rings is 2. The normalized spacial score (nSPS) is 10.2. The van der Waals surface area contributed by atoms with Gasteiger partial charge in [-0.15, -0.1) is 0 Å². The van der Waals surface area contributed by atoms with Gasteiger partial charge in [0.05, 0.1) is 27.2 Å². The minimum absolute atomic E-state index is 0.128. The van der Waals surface area contributed by atoms with Crippen LogP contribution in [0.5, 0.6) is 17.2 Å². The first-order valence-corrected chi connectivity index (χ1v) is 7.99. The molecular weight excluding hydrogens is 325 g/mol. The van der Waals surface area contributed by atoms with Gasteiger partial charge in [0.25, 0.3) is 0 Å². The number of amides is 1. The molecule has 0 atom stereocenters. The highest BCUT2D eigenvalue weighted by molar-refractivity contribution is 5.76. The predicted octanol–water partition coefficient (Wildman–Crippen LogP) is 2.97. The topological polar surface area (TPSA) is 56.8 Å². The lowest BCUT2D eigenvalue weighted by Gasteiger charge is -2.10. The molecule has 25 heavy (non-hydrogen) atoms. The van der Waals surface area contributed by atoms with E-state index in [0.29, 0.717) is 24.5 Å². The van der Waals surface area contributed by atoms with E-state index in [-0.39, 0.29) is 24.7 Å². The second-order valence-electron chi connectivity index (χ2n) is 5.32. The van der Waals surface area contributed by atoms with Crippen LogP contribution in [0, 0.1) is 5.82 Å². The van der Waals surface area contributed by atoms with Gasteiger partial charge in [0.2, 0.25) is 5.91 Å². The summed E-state index contributed by atoms with van der Waals surface area (Å²) in [6.07, 6.45) is 0.834. The van der Waals surface area contributed by atoms with E-state index in [4.69, 9.17) is 14.2 Å². The number of hydrogen-bond acceptors (Lipinski definition) is 4. The van der Waals surface area contributed by atoms with Crippen LogP contribution >= 0.6 is 0 Å². The van der Waals surface area contributed by atoms with Gasteiger partial charge in [-0.25, -0.2) is 4.39 Å². The minimum Gasteiger partial charge on any atom is -0.493 e. The third-order valence-electron chi connectivity index (χ3n) is 3.61. The van der Waals surface area contributed by atoms with Gasteiger partial charge in [0, 0.05) is 6.54 Å². The van der Waals surface area contributed by atoms with Crippen molar-refractivity contribution < 1.29 is 23.4 Å². The van der Waals surface area contributed by atoms with E-state index in [0.717, 1.165) is 5.56 Å². The maximum absolute atomic E-state index is 13.4. The Balaban J connectivity index is 1.71. The first-order chi connectivity index (χ1) is 12.1. The molecule has 0 heterocycles. The number of carbonyl (C=O) groups excluding carboxylic acids is 1. The van der Waals surface area contributed by atoms with Gasteiger partial charge in [-0.3, -0.25) is 4.79 Å². The van der Waals surface area contributed by atoms with Gasteiger partial charge in [0.1, 0.15) is 0 Å². The second kappa shape index (κ2) is 9.52. The molecule has 0 aliphatic rings. The Kier molecular flexibility index (Phi) is 7.07. The molecule has 0 bridgehead atoms. The third-order valence-corrected chi connectivity index (χ3v) is 3.61. The summed E-state index contributed by atoms with van der Waals surface area (Å²) in [5, 5.41) is 2.81. The van der Waals surface area contributed by atoms with Crippen molar-refractivity contribution in [3.05, 3.63) is 53.8 Å². The summed E-state index contributed by atoms with van der Waals surface area (Å²) in [5.41, 5.74) is 1.03. The van der Waals surface area contributed by atoms with E-state index in [2.05, 4.69) is 5.32 Å². The fourth-order valence-electron chi connectivity index (χ4n) is 2.29. The zero-order valence-electron chi connectivity index (χ0n) is 14.4. The van der Waals surface area contributed by atoms with E-state index in [1.54, 1.807) is 26.4 Å². The first kappa shape index (κ1) is 18.6. The van der Waals surface area contributed by atoms with Crippen LogP contribution in [0.2, 0.25) is 0 Å². The number of nitrogens with one attached hydrogen (secondary N) is 1. The lowest BCUT2D eigenvalue weighted by molar-refractivity contribution is -0.121. The molecule has 0 aliphatic carbocycles. The molecule has 0 saturated heterocycles. The largest absolute Gasteiger partial charge is 0.493 e. The van der Waals surface area contributed by atoms with Crippen molar-refractivity contribution in [3.8, 4) is 17.2 Å². The van der Waals surface area contributed by atoms with E-state index in [1.807, 2.05) is 18.2 Å². The van der Waals surface area contributed by atoms with Crippen LogP contribution in [0.15, 0.2) is 42.5 Å². The highest BCUT2D eigenvalue weighted by Crippen LogP contribution is 2.27. The number of rotatable bonds is 9. The molecule has 2 aromatic rings. The average molecular weight is 347 g/mol. The quantitative estimate of drug-likeness (QED) is 0.758. The minimum atomic E-state index is -0.434. The standard InChI is InChI=1S/C19H22FNO4/c1-23-17-8-7-14(13-18(17)24-2)9-11-21-19(22)10-12-25-16-6-4-3-5-15(16)20/h3-8,13H,9-12H2,1-2H3,(H,21,22).